The molecule has 2 N–H and O–H groups in total. The van der Waals surface area contributed by atoms with Gasteiger partial charge in [-0.15, -0.1) is 0 Å². The van der Waals surface area contributed by atoms with E-state index in [-0.39, 0.29) is 11.9 Å². The summed E-state index contributed by atoms with van der Waals surface area (Å²) in [5, 5.41) is 3.06. The van der Waals surface area contributed by atoms with Crippen LogP contribution in [0.15, 0.2) is 18.2 Å². The molecule has 0 bridgehead atoms. The van der Waals surface area contributed by atoms with Crippen LogP contribution in [0.25, 0.3) is 11.0 Å². The maximum atomic E-state index is 12.2. The average molecular weight is 328 g/mol. The number of nitrogens with zero attached hydrogens (tertiary/aromatic N) is 2. The third-order valence-electron chi connectivity index (χ3n) is 4.77. The van der Waals surface area contributed by atoms with Crippen LogP contribution in [0.4, 0.5) is 0 Å². The number of fused-ring (bicyclic) bond motifs is 1. The molecule has 2 aromatic rings. The molecule has 0 radical (unpaired) electrons. The minimum absolute atomic E-state index is 0.0970. The fourth-order valence-corrected chi connectivity index (χ4v) is 3.38. The lowest BCUT2D eigenvalue weighted by Gasteiger charge is -2.26. The van der Waals surface area contributed by atoms with Crippen molar-refractivity contribution in [1.82, 2.24) is 20.2 Å². The van der Waals surface area contributed by atoms with E-state index in [0.717, 1.165) is 29.8 Å². The minimum atomic E-state index is -0.0970. The Kier molecular flexibility index (Phi) is 5.51. The summed E-state index contributed by atoms with van der Waals surface area (Å²) in [6.45, 7) is 7.46. The summed E-state index contributed by atoms with van der Waals surface area (Å²) < 4.78 is 0. The first kappa shape index (κ1) is 17.0. The van der Waals surface area contributed by atoms with Gasteiger partial charge in [-0.05, 0) is 70.4 Å². The number of piperidine rings is 1. The maximum Gasteiger partial charge on any atom is 0.220 e. The molecule has 0 saturated carbocycles. The van der Waals surface area contributed by atoms with Crippen molar-refractivity contribution < 1.29 is 4.79 Å². The molecule has 1 atom stereocenters. The Morgan fingerprint density at radius 2 is 2.12 bits per heavy atom. The maximum absolute atomic E-state index is 12.2. The van der Waals surface area contributed by atoms with E-state index in [2.05, 4.69) is 39.2 Å². The quantitative estimate of drug-likeness (QED) is 0.855. The first-order valence-corrected chi connectivity index (χ1v) is 9.10. The number of likely N-dealkylation sites (tertiary alicyclic amines) is 1. The average Bonchev–Trinajstić information content (AvgIpc) is 2.99. The highest BCUT2D eigenvalue weighted by molar-refractivity contribution is 5.77. The number of hydrogen-bond donors (Lipinski definition) is 2. The van der Waals surface area contributed by atoms with Gasteiger partial charge in [-0.1, -0.05) is 12.5 Å². The molecular weight excluding hydrogens is 300 g/mol. The molecule has 2 heterocycles. The van der Waals surface area contributed by atoms with E-state index >= 15 is 0 Å². The van der Waals surface area contributed by atoms with Gasteiger partial charge in [-0.2, -0.15) is 0 Å². The van der Waals surface area contributed by atoms with Crippen molar-refractivity contribution in [3.8, 4) is 0 Å². The highest BCUT2D eigenvalue weighted by Gasteiger charge is 2.15. The number of aromatic amines is 1. The lowest BCUT2D eigenvalue weighted by Crippen LogP contribution is -2.32. The Labute approximate surface area is 143 Å². The van der Waals surface area contributed by atoms with Gasteiger partial charge in [0.2, 0.25) is 5.91 Å². The normalized spacial score (nSPS) is 17.1. The van der Waals surface area contributed by atoms with Gasteiger partial charge < -0.3 is 15.2 Å². The second-order valence-electron chi connectivity index (χ2n) is 6.94. The van der Waals surface area contributed by atoms with Gasteiger partial charge in [0.25, 0.3) is 0 Å². The molecule has 1 aromatic carbocycles. The lowest BCUT2D eigenvalue weighted by molar-refractivity contribution is -0.121. The molecule has 1 saturated heterocycles. The summed E-state index contributed by atoms with van der Waals surface area (Å²) in [5.74, 6) is 0.927. The molecule has 0 aliphatic carbocycles. The molecule has 3 rings (SSSR count). The Morgan fingerprint density at radius 1 is 1.33 bits per heavy atom. The number of carbonyl (C=O) groups excluding carboxylic acids is 1. The number of aryl methyl sites for hydroxylation is 1. The molecule has 1 fully saturated rings. The molecule has 1 aliphatic rings. The van der Waals surface area contributed by atoms with Crippen molar-refractivity contribution in [2.24, 2.45) is 0 Å². The van der Waals surface area contributed by atoms with Gasteiger partial charge in [0.1, 0.15) is 5.82 Å². The van der Waals surface area contributed by atoms with Crippen LogP contribution in [0, 0.1) is 6.92 Å². The number of carbonyl (C=O) groups is 1. The highest BCUT2D eigenvalue weighted by Crippen LogP contribution is 2.17. The third-order valence-corrected chi connectivity index (χ3v) is 4.77. The van der Waals surface area contributed by atoms with E-state index in [4.69, 9.17) is 0 Å². The summed E-state index contributed by atoms with van der Waals surface area (Å²) in [6.07, 6.45) is 5.47. The van der Waals surface area contributed by atoms with Crippen molar-refractivity contribution in [3.05, 3.63) is 29.6 Å². The van der Waals surface area contributed by atoms with Gasteiger partial charge in [0.15, 0.2) is 0 Å². The molecule has 0 spiro atoms. The minimum Gasteiger partial charge on any atom is -0.346 e. The van der Waals surface area contributed by atoms with Crippen LogP contribution in [0.5, 0.6) is 0 Å². The Morgan fingerprint density at radius 3 is 2.92 bits per heavy atom. The van der Waals surface area contributed by atoms with Crippen LogP contribution in [-0.4, -0.2) is 40.4 Å². The summed E-state index contributed by atoms with van der Waals surface area (Å²) in [4.78, 5) is 22.5. The van der Waals surface area contributed by atoms with Crippen molar-refractivity contribution >= 4 is 16.9 Å². The molecule has 24 heavy (non-hydrogen) atoms. The van der Waals surface area contributed by atoms with Crippen LogP contribution in [-0.2, 0) is 4.79 Å². The standard InChI is InChI=1S/C19H28N4O/c1-14-8-9-16-17(13-14)22-19(21-16)15(2)20-18(24)7-6-12-23-10-4-3-5-11-23/h8-9,13,15H,3-7,10-12H2,1-2H3,(H,20,24)(H,21,22). The topological polar surface area (TPSA) is 61.0 Å². The van der Waals surface area contributed by atoms with E-state index in [0.29, 0.717) is 6.42 Å². The SMILES string of the molecule is Cc1ccc2nc(C(C)NC(=O)CCCN3CCCCC3)[nH]c2c1. The lowest BCUT2D eigenvalue weighted by atomic mass is 10.1. The number of amides is 1. The Balaban J connectivity index is 1.47. The van der Waals surface area contributed by atoms with Crippen molar-refractivity contribution in [1.29, 1.82) is 0 Å². The molecule has 1 aliphatic heterocycles. The zero-order valence-electron chi connectivity index (χ0n) is 14.8. The number of aromatic nitrogens is 2. The van der Waals surface area contributed by atoms with Gasteiger partial charge in [0, 0.05) is 6.42 Å². The monoisotopic (exact) mass is 328 g/mol. The van der Waals surface area contributed by atoms with E-state index in [1.54, 1.807) is 0 Å². The van der Waals surface area contributed by atoms with Crippen molar-refractivity contribution in [3.63, 3.8) is 0 Å². The number of rotatable bonds is 6. The van der Waals surface area contributed by atoms with Crippen LogP contribution in [0.3, 0.4) is 0 Å². The van der Waals surface area contributed by atoms with E-state index < -0.39 is 0 Å². The first-order valence-electron chi connectivity index (χ1n) is 9.10. The van der Waals surface area contributed by atoms with Crippen LogP contribution < -0.4 is 5.32 Å². The molecule has 5 nitrogen and oxygen atoms in total. The number of benzene rings is 1. The predicted molar refractivity (Wildman–Crippen MR) is 96.9 cm³/mol. The van der Waals surface area contributed by atoms with Crippen molar-refractivity contribution in [2.45, 2.75) is 52.0 Å². The molecule has 5 heteroatoms. The summed E-state index contributed by atoms with van der Waals surface area (Å²) in [7, 11) is 0. The molecule has 130 valence electrons. The fraction of sp³-hybridized carbons (Fsp3) is 0.579. The van der Waals surface area contributed by atoms with E-state index in [9.17, 15) is 4.79 Å². The van der Waals surface area contributed by atoms with Crippen LogP contribution in [0.1, 0.15) is 56.5 Å². The summed E-state index contributed by atoms with van der Waals surface area (Å²) in [6, 6.07) is 6.05. The van der Waals surface area contributed by atoms with E-state index in [1.807, 2.05) is 13.0 Å². The largest absolute Gasteiger partial charge is 0.346 e. The molecule has 1 amide bonds. The zero-order valence-corrected chi connectivity index (χ0v) is 14.8. The van der Waals surface area contributed by atoms with Gasteiger partial charge in [-0.3, -0.25) is 4.79 Å². The Bertz CT molecular complexity index is 688. The number of H-pyrrole nitrogens is 1. The molecular formula is C19H28N4O. The van der Waals surface area contributed by atoms with E-state index in [1.165, 1.54) is 37.9 Å². The number of hydrogen-bond acceptors (Lipinski definition) is 3. The third kappa shape index (κ3) is 4.35. The van der Waals surface area contributed by atoms with Crippen LogP contribution >= 0.6 is 0 Å². The molecule has 1 aromatic heterocycles. The predicted octanol–water partition coefficient (Wildman–Crippen LogP) is 3.31. The van der Waals surface area contributed by atoms with Crippen LogP contribution in [0.2, 0.25) is 0 Å². The summed E-state index contributed by atoms with van der Waals surface area (Å²) in [5.41, 5.74) is 3.17. The second-order valence-corrected chi connectivity index (χ2v) is 6.94. The Hall–Kier alpha value is -1.88. The summed E-state index contributed by atoms with van der Waals surface area (Å²) >= 11 is 0. The fourth-order valence-electron chi connectivity index (χ4n) is 3.38. The van der Waals surface area contributed by atoms with Crippen molar-refractivity contribution in [2.75, 3.05) is 19.6 Å². The number of imidazole rings is 1. The molecule has 1 unspecified atom stereocenters. The number of nitrogens with one attached hydrogen (secondary N) is 2. The van der Waals surface area contributed by atoms with Gasteiger partial charge >= 0.3 is 0 Å². The first-order chi connectivity index (χ1) is 11.6. The van der Waals surface area contributed by atoms with Gasteiger partial charge in [-0.25, -0.2) is 4.98 Å². The zero-order chi connectivity index (χ0) is 16.9. The van der Waals surface area contributed by atoms with Gasteiger partial charge in [0.05, 0.1) is 17.1 Å². The smallest absolute Gasteiger partial charge is 0.220 e. The second kappa shape index (κ2) is 7.79. The highest BCUT2D eigenvalue weighted by atomic mass is 16.1.